The SMILES string of the molecule is COc1cccc(C(O)=C2C(=O)C(=O)N(CCN(C)C)[C@@H]2c2cc(OC)c(OC)c(OC)c2)c1. The molecule has 34 heavy (non-hydrogen) atoms. The van der Waals surface area contributed by atoms with Crippen LogP contribution in [0.5, 0.6) is 23.0 Å². The van der Waals surface area contributed by atoms with Gasteiger partial charge in [0.1, 0.15) is 11.5 Å². The molecule has 1 N–H and O–H groups in total. The van der Waals surface area contributed by atoms with Gasteiger partial charge >= 0.3 is 0 Å². The van der Waals surface area contributed by atoms with E-state index in [-0.39, 0.29) is 17.9 Å². The lowest BCUT2D eigenvalue weighted by atomic mass is 9.94. The highest BCUT2D eigenvalue weighted by atomic mass is 16.5. The number of nitrogens with zero attached hydrogens (tertiary/aromatic N) is 2. The summed E-state index contributed by atoms with van der Waals surface area (Å²) in [6.45, 7) is 0.793. The molecule has 0 aromatic heterocycles. The van der Waals surface area contributed by atoms with Gasteiger partial charge in [-0.05, 0) is 43.9 Å². The van der Waals surface area contributed by atoms with Crippen LogP contribution >= 0.6 is 0 Å². The molecule has 9 heteroatoms. The number of rotatable bonds is 9. The second kappa shape index (κ2) is 10.5. The summed E-state index contributed by atoms with van der Waals surface area (Å²) in [5.41, 5.74) is 0.880. The smallest absolute Gasteiger partial charge is 0.295 e. The largest absolute Gasteiger partial charge is 0.507 e. The van der Waals surface area contributed by atoms with Gasteiger partial charge in [-0.3, -0.25) is 9.59 Å². The highest BCUT2D eigenvalue weighted by Crippen LogP contribution is 2.45. The molecule has 182 valence electrons. The maximum Gasteiger partial charge on any atom is 0.295 e. The van der Waals surface area contributed by atoms with Crippen molar-refractivity contribution in [2.45, 2.75) is 6.04 Å². The Balaban J connectivity index is 2.26. The number of Topliss-reactive ketones (excluding diaryl/α,β-unsaturated/α-hetero) is 1. The summed E-state index contributed by atoms with van der Waals surface area (Å²) in [4.78, 5) is 29.7. The second-order valence-electron chi connectivity index (χ2n) is 7.99. The number of likely N-dealkylation sites (tertiary alicyclic amines) is 1. The fourth-order valence-corrected chi connectivity index (χ4v) is 3.95. The number of hydrogen-bond donors (Lipinski definition) is 1. The van der Waals surface area contributed by atoms with E-state index in [0.29, 0.717) is 40.7 Å². The van der Waals surface area contributed by atoms with E-state index in [1.54, 1.807) is 36.4 Å². The van der Waals surface area contributed by atoms with E-state index in [1.807, 2.05) is 19.0 Å². The molecule has 1 atom stereocenters. The van der Waals surface area contributed by atoms with Gasteiger partial charge in [-0.25, -0.2) is 0 Å². The lowest BCUT2D eigenvalue weighted by Gasteiger charge is -2.27. The number of likely N-dealkylation sites (N-methyl/N-ethyl adjacent to an activating group) is 1. The number of aliphatic hydroxyl groups excluding tert-OH is 1. The predicted octanol–water partition coefficient (Wildman–Crippen LogP) is 2.70. The van der Waals surface area contributed by atoms with Crippen LogP contribution in [0.3, 0.4) is 0 Å². The topological polar surface area (TPSA) is 97.8 Å². The molecule has 0 aliphatic carbocycles. The van der Waals surface area contributed by atoms with Gasteiger partial charge in [0.15, 0.2) is 11.5 Å². The molecule has 0 saturated carbocycles. The first kappa shape index (κ1) is 24.9. The minimum Gasteiger partial charge on any atom is -0.507 e. The first-order valence-corrected chi connectivity index (χ1v) is 10.6. The Morgan fingerprint density at radius 3 is 2.15 bits per heavy atom. The fourth-order valence-electron chi connectivity index (χ4n) is 3.95. The Morgan fingerprint density at radius 1 is 0.971 bits per heavy atom. The molecule has 0 bridgehead atoms. The number of amides is 1. The molecule has 1 saturated heterocycles. The summed E-state index contributed by atoms with van der Waals surface area (Å²) >= 11 is 0. The summed E-state index contributed by atoms with van der Waals surface area (Å²) in [5, 5.41) is 11.2. The van der Waals surface area contributed by atoms with Crippen LogP contribution in [0.15, 0.2) is 42.0 Å². The Morgan fingerprint density at radius 2 is 1.62 bits per heavy atom. The van der Waals surface area contributed by atoms with Gasteiger partial charge < -0.3 is 33.9 Å². The van der Waals surface area contributed by atoms with E-state index < -0.39 is 17.7 Å². The molecule has 1 aliphatic heterocycles. The van der Waals surface area contributed by atoms with Crippen LogP contribution in [0.2, 0.25) is 0 Å². The molecular weight excluding hydrogens is 440 g/mol. The number of aliphatic hydroxyl groups is 1. The van der Waals surface area contributed by atoms with Gasteiger partial charge in [-0.15, -0.1) is 0 Å². The molecule has 2 aromatic carbocycles. The zero-order valence-corrected chi connectivity index (χ0v) is 20.2. The lowest BCUT2D eigenvalue weighted by Crippen LogP contribution is -2.35. The van der Waals surface area contributed by atoms with E-state index in [9.17, 15) is 14.7 Å². The monoisotopic (exact) mass is 470 g/mol. The van der Waals surface area contributed by atoms with Crippen molar-refractivity contribution in [1.82, 2.24) is 9.80 Å². The van der Waals surface area contributed by atoms with Gasteiger partial charge in [-0.2, -0.15) is 0 Å². The van der Waals surface area contributed by atoms with E-state index in [1.165, 1.54) is 33.3 Å². The van der Waals surface area contributed by atoms with Crippen molar-refractivity contribution >= 4 is 17.4 Å². The second-order valence-corrected chi connectivity index (χ2v) is 7.99. The van der Waals surface area contributed by atoms with Gasteiger partial charge in [0.25, 0.3) is 11.7 Å². The van der Waals surface area contributed by atoms with Gasteiger partial charge in [0.2, 0.25) is 5.75 Å². The third-order valence-corrected chi connectivity index (χ3v) is 5.67. The maximum atomic E-state index is 13.2. The quantitative estimate of drug-likeness (QED) is 0.339. The van der Waals surface area contributed by atoms with Crippen molar-refractivity contribution in [2.24, 2.45) is 0 Å². The minimum absolute atomic E-state index is 0.0220. The molecule has 1 heterocycles. The Kier molecular flexibility index (Phi) is 7.68. The zero-order chi connectivity index (χ0) is 25.0. The molecule has 1 aliphatic rings. The number of hydrogen-bond acceptors (Lipinski definition) is 8. The number of ether oxygens (including phenoxy) is 4. The molecule has 9 nitrogen and oxygen atoms in total. The Hall–Kier alpha value is -3.72. The van der Waals surface area contributed by atoms with Gasteiger partial charge in [0.05, 0.1) is 40.1 Å². The van der Waals surface area contributed by atoms with Crippen molar-refractivity contribution < 1.29 is 33.6 Å². The van der Waals surface area contributed by atoms with Crippen LogP contribution in [0.1, 0.15) is 17.2 Å². The average molecular weight is 471 g/mol. The van der Waals surface area contributed by atoms with E-state index in [2.05, 4.69) is 0 Å². The first-order valence-electron chi connectivity index (χ1n) is 10.6. The number of carbonyl (C=O) groups is 2. The van der Waals surface area contributed by atoms with Gasteiger partial charge in [-0.1, -0.05) is 12.1 Å². The van der Waals surface area contributed by atoms with Crippen molar-refractivity contribution in [1.29, 1.82) is 0 Å². The number of carbonyl (C=O) groups excluding carboxylic acids is 2. The molecule has 2 aromatic rings. The predicted molar refractivity (Wildman–Crippen MR) is 127 cm³/mol. The van der Waals surface area contributed by atoms with Crippen LogP contribution < -0.4 is 18.9 Å². The molecule has 3 rings (SSSR count). The highest BCUT2D eigenvalue weighted by molar-refractivity contribution is 6.46. The number of methoxy groups -OCH3 is 4. The van der Waals surface area contributed by atoms with E-state index >= 15 is 0 Å². The number of ketones is 1. The van der Waals surface area contributed by atoms with E-state index in [0.717, 1.165) is 0 Å². The summed E-state index contributed by atoms with van der Waals surface area (Å²) in [6, 6.07) is 9.18. The first-order chi connectivity index (χ1) is 16.3. The standard InChI is InChI=1S/C25H30N2O7/c1-26(2)10-11-27-21(16-13-18(32-4)24(34-6)19(14-16)33-5)20(23(29)25(27)30)22(28)15-8-7-9-17(12-15)31-3/h7-9,12-14,21,28H,10-11H2,1-6H3/t21-/m1/s1. The minimum atomic E-state index is -0.861. The van der Waals surface area contributed by atoms with Gasteiger partial charge in [0, 0.05) is 18.7 Å². The third-order valence-electron chi connectivity index (χ3n) is 5.67. The van der Waals surface area contributed by atoms with Crippen LogP contribution in [-0.4, -0.2) is 82.2 Å². The number of benzene rings is 2. The molecular formula is C25H30N2O7. The Bertz CT molecular complexity index is 1090. The molecule has 0 radical (unpaired) electrons. The lowest BCUT2D eigenvalue weighted by molar-refractivity contribution is -0.140. The van der Waals surface area contributed by atoms with Crippen LogP contribution in [-0.2, 0) is 9.59 Å². The molecule has 0 spiro atoms. The molecule has 1 fully saturated rings. The van der Waals surface area contributed by atoms with Crippen LogP contribution in [0.4, 0.5) is 0 Å². The van der Waals surface area contributed by atoms with Crippen LogP contribution in [0, 0.1) is 0 Å². The zero-order valence-electron chi connectivity index (χ0n) is 20.2. The van der Waals surface area contributed by atoms with Crippen molar-refractivity contribution in [3.05, 3.63) is 53.1 Å². The highest BCUT2D eigenvalue weighted by Gasteiger charge is 2.46. The van der Waals surface area contributed by atoms with Crippen LogP contribution in [0.25, 0.3) is 5.76 Å². The van der Waals surface area contributed by atoms with Crippen molar-refractivity contribution in [3.8, 4) is 23.0 Å². The molecule has 1 amide bonds. The molecule has 0 unspecified atom stereocenters. The van der Waals surface area contributed by atoms with Crippen molar-refractivity contribution in [2.75, 3.05) is 55.6 Å². The fraction of sp³-hybridized carbons (Fsp3) is 0.360. The normalized spacial score (nSPS) is 17.3. The summed E-state index contributed by atoms with van der Waals surface area (Å²) in [5.74, 6) is -0.110. The van der Waals surface area contributed by atoms with Crippen molar-refractivity contribution in [3.63, 3.8) is 0 Å². The third kappa shape index (κ3) is 4.65. The Labute approximate surface area is 199 Å². The van der Waals surface area contributed by atoms with E-state index in [4.69, 9.17) is 18.9 Å². The summed E-state index contributed by atoms with van der Waals surface area (Å²) in [6.07, 6.45) is 0. The summed E-state index contributed by atoms with van der Waals surface area (Å²) in [7, 11) is 9.73. The maximum absolute atomic E-state index is 13.2. The summed E-state index contributed by atoms with van der Waals surface area (Å²) < 4.78 is 21.6. The average Bonchev–Trinajstić information content (AvgIpc) is 3.10.